The minimum Gasteiger partial charge on any atom is -0.393 e. The van der Waals surface area contributed by atoms with Crippen molar-refractivity contribution in [1.82, 2.24) is 9.47 Å². The van der Waals surface area contributed by atoms with Crippen molar-refractivity contribution in [3.8, 4) is 0 Å². The maximum atomic E-state index is 12.6. The second-order valence-electron chi connectivity index (χ2n) is 6.44. The Morgan fingerprint density at radius 1 is 1.41 bits per heavy atom. The van der Waals surface area contributed by atoms with E-state index in [0.29, 0.717) is 13.1 Å². The highest BCUT2D eigenvalue weighted by Gasteiger charge is 2.26. The standard InChI is InChI=1S/C18H24N2O2/c1-13-10-20(17-8-4-3-7-16(13)17)12-18(22)19-9-5-6-15(11-19)14(2)21/h3-4,7-8,10,14-15,21H,5-6,9,11-12H2,1-2H3. The number of hydrogen-bond donors (Lipinski definition) is 1. The first-order valence-electron chi connectivity index (χ1n) is 8.06. The summed E-state index contributed by atoms with van der Waals surface area (Å²) in [6.45, 7) is 5.75. The molecular formula is C18H24N2O2. The van der Waals surface area contributed by atoms with Gasteiger partial charge in [0.2, 0.25) is 5.91 Å². The molecule has 1 aliphatic heterocycles. The summed E-state index contributed by atoms with van der Waals surface area (Å²) in [6, 6.07) is 8.19. The van der Waals surface area contributed by atoms with Crippen LogP contribution in [0.3, 0.4) is 0 Å². The topological polar surface area (TPSA) is 45.5 Å². The molecule has 1 N–H and O–H groups in total. The lowest BCUT2D eigenvalue weighted by molar-refractivity contribution is -0.134. The number of piperidine rings is 1. The van der Waals surface area contributed by atoms with Crippen LogP contribution in [-0.2, 0) is 11.3 Å². The second-order valence-corrected chi connectivity index (χ2v) is 6.44. The largest absolute Gasteiger partial charge is 0.393 e. The van der Waals surface area contributed by atoms with E-state index < -0.39 is 0 Å². The zero-order valence-corrected chi connectivity index (χ0v) is 13.3. The van der Waals surface area contributed by atoms with Crippen LogP contribution < -0.4 is 0 Å². The summed E-state index contributed by atoms with van der Waals surface area (Å²) in [5.74, 6) is 0.354. The molecule has 0 spiro atoms. The first-order chi connectivity index (χ1) is 10.6. The molecular weight excluding hydrogens is 276 g/mol. The Morgan fingerprint density at radius 3 is 2.95 bits per heavy atom. The number of para-hydroxylation sites is 1. The normalized spacial score (nSPS) is 20.3. The molecule has 0 bridgehead atoms. The van der Waals surface area contributed by atoms with Crippen LogP contribution in [0.2, 0.25) is 0 Å². The summed E-state index contributed by atoms with van der Waals surface area (Å²) in [6.07, 6.45) is 3.70. The Hall–Kier alpha value is -1.81. The van der Waals surface area contributed by atoms with Gasteiger partial charge in [0.15, 0.2) is 0 Å². The summed E-state index contributed by atoms with van der Waals surface area (Å²) >= 11 is 0. The van der Waals surface area contributed by atoms with E-state index >= 15 is 0 Å². The number of fused-ring (bicyclic) bond motifs is 1. The fraction of sp³-hybridized carbons (Fsp3) is 0.500. The lowest BCUT2D eigenvalue weighted by Crippen LogP contribution is -2.44. The van der Waals surface area contributed by atoms with Crippen LogP contribution in [-0.4, -0.2) is 39.7 Å². The number of benzene rings is 1. The van der Waals surface area contributed by atoms with Crippen molar-refractivity contribution >= 4 is 16.8 Å². The fourth-order valence-corrected chi connectivity index (χ4v) is 3.44. The van der Waals surface area contributed by atoms with Gasteiger partial charge in [0.05, 0.1) is 6.10 Å². The van der Waals surface area contributed by atoms with Crippen molar-refractivity contribution in [3.05, 3.63) is 36.0 Å². The molecule has 1 fully saturated rings. The predicted octanol–water partition coefficient (Wildman–Crippen LogP) is 2.57. The van der Waals surface area contributed by atoms with Crippen molar-refractivity contribution in [1.29, 1.82) is 0 Å². The number of rotatable bonds is 3. The Bertz CT molecular complexity index is 675. The number of likely N-dealkylation sites (tertiary alicyclic amines) is 1. The molecule has 2 aromatic rings. The molecule has 0 saturated carbocycles. The Kier molecular flexibility index (Phi) is 4.21. The average Bonchev–Trinajstić information content (AvgIpc) is 2.84. The van der Waals surface area contributed by atoms with Crippen LogP contribution in [0.1, 0.15) is 25.3 Å². The molecule has 1 aromatic carbocycles. The minimum atomic E-state index is -0.342. The molecule has 118 valence electrons. The molecule has 0 radical (unpaired) electrons. The number of aromatic nitrogens is 1. The summed E-state index contributed by atoms with van der Waals surface area (Å²) in [7, 11) is 0. The van der Waals surface area contributed by atoms with Gasteiger partial charge in [0.25, 0.3) is 0 Å². The van der Waals surface area contributed by atoms with Crippen LogP contribution >= 0.6 is 0 Å². The molecule has 0 aliphatic carbocycles. The molecule has 3 rings (SSSR count). The third-order valence-corrected chi connectivity index (χ3v) is 4.79. The smallest absolute Gasteiger partial charge is 0.242 e. The van der Waals surface area contributed by atoms with Gasteiger partial charge in [-0.25, -0.2) is 0 Å². The van der Waals surface area contributed by atoms with E-state index in [1.54, 1.807) is 0 Å². The van der Waals surface area contributed by atoms with E-state index in [2.05, 4.69) is 25.3 Å². The summed E-state index contributed by atoms with van der Waals surface area (Å²) in [5, 5.41) is 11.0. The van der Waals surface area contributed by atoms with E-state index in [1.165, 1.54) is 10.9 Å². The molecule has 2 atom stereocenters. The highest BCUT2D eigenvalue weighted by molar-refractivity contribution is 5.86. The van der Waals surface area contributed by atoms with E-state index in [4.69, 9.17) is 0 Å². The zero-order chi connectivity index (χ0) is 15.7. The highest BCUT2D eigenvalue weighted by atomic mass is 16.3. The van der Waals surface area contributed by atoms with Gasteiger partial charge in [-0.15, -0.1) is 0 Å². The number of aryl methyl sites for hydroxylation is 1. The molecule has 4 heteroatoms. The van der Waals surface area contributed by atoms with Gasteiger partial charge in [-0.2, -0.15) is 0 Å². The van der Waals surface area contributed by atoms with Crippen LogP contribution in [0.15, 0.2) is 30.5 Å². The predicted molar refractivity (Wildman–Crippen MR) is 87.7 cm³/mol. The zero-order valence-electron chi connectivity index (χ0n) is 13.3. The van der Waals surface area contributed by atoms with Gasteiger partial charge >= 0.3 is 0 Å². The molecule has 1 amide bonds. The van der Waals surface area contributed by atoms with Crippen molar-refractivity contribution < 1.29 is 9.90 Å². The number of amides is 1. The van der Waals surface area contributed by atoms with Crippen LogP contribution in [0, 0.1) is 12.8 Å². The van der Waals surface area contributed by atoms with E-state index in [9.17, 15) is 9.90 Å². The second kappa shape index (κ2) is 6.13. The maximum absolute atomic E-state index is 12.6. The van der Waals surface area contributed by atoms with Crippen LogP contribution in [0.25, 0.3) is 10.9 Å². The molecule has 22 heavy (non-hydrogen) atoms. The van der Waals surface area contributed by atoms with Crippen molar-refractivity contribution in [2.24, 2.45) is 5.92 Å². The molecule has 2 heterocycles. The molecule has 4 nitrogen and oxygen atoms in total. The van der Waals surface area contributed by atoms with Gasteiger partial charge < -0.3 is 14.6 Å². The lowest BCUT2D eigenvalue weighted by atomic mass is 9.93. The SMILES string of the molecule is Cc1cn(CC(=O)N2CCCC(C(C)O)C2)c2ccccc12. The Balaban J connectivity index is 1.76. The Labute approximate surface area is 131 Å². The molecule has 2 unspecified atom stereocenters. The summed E-state index contributed by atoms with van der Waals surface area (Å²) in [4.78, 5) is 14.5. The quantitative estimate of drug-likeness (QED) is 0.947. The minimum absolute atomic E-state index is 0.145. The van der Waals surface area contributed by atoms with Gasteiger partial charge in [0.1, 0.15) is 6.54 Å². The van der Waals surface area contributed by atoms with Gasteiger partial charge in [-0.3, -0.25) is 4.79 Å². The molecule has 1 aliphatic rings. The lowest BCUT2D eigenvalue weighted by Gasteiger charge is -2.34. The first kappa shape index (κ1) is 15.1. The van der Waals surface area contributed by atoms with Crippen molar-refractivity contribution in [2.75, 3.05) is 13.1 Å². The maximum Gasteiger partial charge on any atom is 0.242 e. The van der Waals surface area contributed by atoms with Crippen molar-refractivity contribution in [2.45, 2.75) is 39.3 Å². The van der Waals surface area contributed by atoms with Crippen LogP contribution in [0.4, 0.5) is 0 Å². The van der Waals surface area contributed by atoms with Crippen molar-refractivity contribution in [3.63, 3.8) is 0 Å². The third-order valence-electron chi connectivity index (χ3n) is 4.79. The highest BCUT2D eigenvalue weighted by Crippen LogP contribution is 2.22. The average molecular weight is 300 g/mol. The monoisotopic (exact) mass is 300 g/mol. The summed E-state index contributed by atoms with van der Waals surface area (Å²) in [5.41, 5.74) is 2.31. The van der Waals surface area contributed by atoms with Crippen LogP contribution in [0.5, 0.6) is 0 Å². The van der Waals surface area contributed by atoms with Gasteiger partial charge in [0, 0.05) is 36.1 Å². The van der Waals surface area contributed by atoms with Gasteiger partial charge in [-0.05, 0) is 38.3 Å². The molecule has 1 saturated heterocycles. The van der Waals surface area contributed by atoms with E-state index in [-0.39, 0.29) is 17.9 Å². The number of carbonyl (C=O) groups is 1. The summed E-state index contributed by atoms with van der Waals surface area (Å²) < 4.78 is 2.04. The Morgan fingerprint density at radius 2 is 2.18 bits per heavy atom. The number of aliphatic hydroxyl groups excluding tert-OH is 1. The van der Waals surface area contributed by atoms with E-state index in [1.807, 2.05) is 28.5 Å². The fourth-order valence-electron chi connectivity index (χ4n) is 3.44. The number of carbonyl (C=O) groups excluding carboxylic acids is 1. The third kappa shape index (κ3) is 2.88. The number of aliphatic hydroxyl groups is 1. The number of nitrogens with zero attached hydrogens (tertiary/aromatic N) is 2. The first-order valence-corrected chi connectivity index (χ1v) is 8.06. The van der Waals surface area contributed by atoms with E-state index in [0.717, 1.165) is 24.9 Å². The number of hydrogen-bond acceptors (Lipinski definition) is 2. The molecule has 1 aromatic heterocycles. The van der Waals surface area contributed by atoms with Gasteiger partial charge in [-0.1, -0.05) is 18.2 Å².